The molecule has 3 heterocycles. The van der Waals surface area contributed by atoms with Crippen LogP contribution in [0.3, 0.4) is 0 Å². The van der Waals surface area contributed by atoms with Crippen LogP contribution in [0.5, 0.6) is 11.5 Å². The lowest BCUT2D eigenvalue weighted by Gasteiger charge is -2.28. The Bertz CT molecular complexity index is 1150. The third-order valence-corrected chi connectivity index (χ3v) is 6.19. The van der Waals surface area contributed by atoms with E-state index in [2.05, 4.69) is 32.9 Å². The molecule has 192 valence electrons. The van der Waals surface area contributed by atoms with Gasteiger partial charge in [-0.15, -0.1) is 0 Å². The van der Waals surface area contributed by atoms with Crippen LogP contribution in [-0.4, -0.2) is 81.8 Å². The van der Waals surface area contributed by atoms with Gasteiger partial charge in [0.25, 0.3) is 0 Å². The largest absolute Gasteiger partial charge is 0.454 e. The van der Waals surface area contributed by atoms with Crippen LogP contribution in [0.1, 0.15) is 31.5 Å². The number of likely N-dealkylation sites (N-methyl/N-ethyl adjacent to an activating group) is 1. The molecule has 2 aromatic heterocycles. The molecule has 3 aromatic rings. The van der Waals surface area contributed by atoms with Crippen molar-refractivity contribution in [2.24, 2.45) is 0 Å². The second-order valence-corrected chi connectivity index (χ2v) is 8.90. The van der Waals surface area contributed by atoms with Crippen molar-refractivity contribution in [3.05, 3.63) is 54.2 Å². The molecule has 0 bridgehead atoms. The van der Waals surface area contributed by atoms with Gasteiger partial charge in [-0.05, 0) is 58.5 Å². The number of hydrogen-bond donors (Lipinski definition) is 0. The first-order valence-electron chi connectivity index (χ1n) is 12.4. The normalized spacial score (nSPS) is 12.2. The van der Waals surface area contributed by atoms with E-state index < -0.39 is 0 Å². The highest BCUT2D eigenvalue weighted by atomic mass is 16.7. The summed E-state index contributed by atoms with van der Waals surface area (Å²) in [4.78, 5) is 32.6. The molecule has 1 aromatic carbocycles. The van der Waals surface area contributed by atoms with E-state index in [1.165, 1.54) is 5.56 Å². The van der Waals surface area contributed by atoms with Gasteiger partial charge in [0, 0.05) is 50.3 Å². The highest BCUT2D eigenvalue weighted by Crippen LogP contribution is 2.32. The number of fused-ring (bicyclic) bond motifs is 1. The molecule has 0 unspecified atom stereocenters. The molecule has 0 saturated carbocycles. The van der Waals surface area contributed by atoms with E-state index in [1.54, 1.807) is 17.1 Å². The number of benzene rings is 1. The predicted octanol–water partition coefficient (Wildman–Crippen LogP) is 2.90. The molecule has 0 saturated heterocycles. The summed E-state index contributed by atoms with van der Waals surface area (Å²) in [5.74, 6) is 2.97. The molecule has 10 nitrogen and oxygen atoms in total. The van der Waals surface area contributed by atoms with Crippen molar-refractivity contribution < 1.29 is 14.3 Å². The maximum Gasteiger partial charge on any atom is 0.242 e. The van der Waals surface area contributed by atoms with Crippen LogP contribution in [0, 0.1) is 6.92 Å². The van der Waals surface area contributed by atoms with Crippen LogP contribution < -0.4 is 14.4 Å². The summed E-state index contributed by atoms with van der Waals surface area (Å²) in [7, 11) is 2.10. The van der Waals surface area contributed by atoms with E-state index in [0.717, 1.165) is 42.5 Å². The van der Waals surface area contributed by atoms with Crippen molar-refractivity contribution in [3.63, 3.8) is 0 Å². The molecule has 0 N–H and O–H groups in total. The molecule has 10 heteroatoms. The van der Waals surface area contributed by atoms with Gasteiger partial charge in [0.15, 0.2) is 11.5 Å². The first kappa shape index (κ1) is 25.4. The Morgan fingerprint density at radius 3 is 2.64 bits per heavy atom. The molecule has 0 spiro atoms. The summed E-state index contributed by atoms with van der Waals surface area (Å²) in [5.41, 5.74) is 2.01. The monoisotopic (exact) mass is 493 g/mol. The third kappa shape index (κ3) is 6.31. The van der Waals surface area contributed by atoms with E-state index in [4.69, 9.17) is 14.5 Å². The van der Waals surface area contributed by atoms with Gasteiger partial charge < -0.3 is 24.2 Å². The molecular formula is C26H35N7O3. The molecule has 1 amide bonds. The van der Waals surface area contributed by atoms with Gasteiger partial charge in [-0.1, -0.05) is 6.07 Å². The number of carbonyl (C=O) groups excluding carboxylic acids is 1. The number of rotatable bonds is 12. The average Bonchev–Trinajstić information content (AvgIpc) is 3.56. The summed E-state index contributed by atoms with van der Waals surface area (Å²) < 4.78 is 12.7. The molecule has 0 radical (unpaired) electrons. The predicted molar refractivity (Wildman–Crippen MR) is 138 cm³/mol. The standard InChI is InChI=1S/C26H35N7O3/c1-5-31(6-2)25(34)17-32(24-14-20(3)28-26(29-24)33-13-10-27-18-33)12-7-11-30(4)16-21-8-9-22-23(15-21)36-19-35-22/h8-10,13-15,18H,5-7,11-12,16-17,19H2,1-4H3. The number of ether oxygens (including phenoxy) is 2. The Balaban J connectivity index is 1.44. The second kappa shape index (κ2) is 11.9. The fourth-order valence-corrected chi connectivity index (χ4v) is 4.27. The van der Waals surface area contributed by atoms with Crippen LogP contribution >= 0.6 is 0 Å². The first-order valence-corrected chi connectivity index (χ1v) is 12.4. The first-order chi connectivity index (χ1) is 17.5. The number of imidazole rings is 1. The second-order valence-electron chi connectivity index (χ2n) is 8.90. The summed E-state index contributed by atoms with van der Waals surface area (Å²) in [6.45, 7) is 10.2. The van der Waals surface area contributed by atoms with Crippen LogP contribution in [0.2, 0.25) is 0 Å². The van der Waals surface area contributed by atoms with Crippen LogP contribution in [0.25, 0.3) is 5.95 Å². The van der Waals surface area contributed by atoms with Crippen molar-refractivity contribution in [1.82, 2.24) is 29.3 Å². The minimum Gasteiger partial charge on any atom is -0.454 e. The summed E-state index contributed by atoms with van der Waals surface area (Å²) in [5, 5.41) is 0. The van der Waals surface area contributed by atoms with E-state index in [1.807, 2.05) is 50.1 Å². The number of anilines is 1. The van der Waals surface area contributed by atoms with Gasteiger partial charge in [0.2, 0.25) is 18.6 Å². The van der Waals surface area contributed by atoms with Crippen LogP contribution in [0.4, 0.5) is 5.82 Å². The Kier molecular flexibility index (Phi) is 8.37. The zero-order chi connectivity index (χ0) is 25.5. The number of hydrogen-bond acceptors (Lipinski definition) is 8. The zero-order valence-corrected chi connectivity index (χ0v) is 21.6. The zero-order valence-electron chi connectivity index (χ0n) is 21.6. The molecule has 36 heavy (non-hydrogen) atoms. The van der Waals surface area contributed by atoms with E-state index >= 15 is 0 Å². The number of carbonyl (C=O) groups is 1. The van der Waals surface area contributed by atoms with E-state index in [9.17, 15) is 4.79 Å². The Morgan fingerprint density at radius 2 is 1.89 bits per heavy atom. The minimum atomic E-state index is 0.0918. The molecule has 4 rings (SSSR count). The fourth-order valence-electron chi connectivity index (χ4n) is 4.27. The van der Waals surface area contributed by atoms with Crippen molar-refractivity contribution >= 4 is 11.7 Å². The van der Waals surface area contributed by atoms with Gasteiger partial charge in [-0.3, -0.25) is 9.36 Å². The maximum absolute atomic E-state index is 13.0. The SMILES string of the molecule is CCN(CC)C(=O)CN(CCCN(C)Cc1ccc2c(c1)OCO2)c1cc(C)nc(-n2ccnc2)n1. The lowest BCUT2D eigenvalue weighted by atomic mass is 10.2. The Labute approximate surface area is 212 Å². The summed E-state index contributed by atoms with van der Waals surface area (Å²) in [6.07, 6.45) is 6.06. The molecule has 1 aliphatic rings. The van der Waals surface area contributed by atoms with Crippen molar-refractivity contribution in [3.8, 4) is 17.4 Å². The van der Waals surface area contributed by atoms with Gasteiger partial charge in [-0.2, -0.15) is 4.98 Å². The number of aromatic nitrogens is 4. The molecule has 0 atom stereocenters. The van der Waals surface area contributed by atoms with Gasteiger partial charge in [0.1, 0.15) is 12.1 Å². The minimum absolute atomic E-state index is 0.0918. The van der Waals surface area contributed by atoms with Crippen molar-refractivity contribution in [2.45, 2.75) is 33.7 Å². The maximum atomic E-state index is 13.0. The summed E-state index contributed by atoms with van der Waals surface area (Å²) >= 11 is 0. The van der Waals surface area contributed by atoms with E-state index in [0.29, 0.717) is 25.6 Å². The smallest absolute Gasteiger partial charge is 0.242 e. The van der Waals surface area contributed by atoms with Gasteiger partial charge >= 0.3 is 0 Å². The fraction of sp³-hybridized carbons (Fsp3) is 0.462. The third-order valence-electron chi connectivity index (χ3n) is 6.19. The highest BCUT2D eigenvalue weighted by Gasteiger charge is 2.19. The lowest BCUT2D eigenvalue weighted by molar-refractivity contribution is -0.129. The van der Waals surface area contributed by atoms with Gasteiger partial charge in [0.05, 0.1) is 6.54 Å². The number of nitrogens with zero attached hydrogens (tertiary/aromatic N) is 7. The van der Waals surface area contributed by atoms with Crippen LogP contribution in [0.15, 0.2) is 43.0 Å². The topological polar surface area (TPSA) is 88.9 Å². The van der Waals surface area contributed by atoms with Gasteiger partial charge in [-0.25, -0.2) is 9.97 Å². The number of amides is 1. The average molecular weight is 494 g/mol. The van der Waals surface area contributed by atoms with E-state index in [-0.39, 0.29) is 19.2 Å². The van der Waals surface area contributed by atoms with Crippen molar-refractivity contribution in [1.29, 1.82) is 0 Å². The van der Waals surface area contributed by atoms with Crippen LogP contribution in [-0.2, 0) is 11.3 Å². The van der Waals surface area contributed by atoms with Crippen molar-refractivity contribution in [2.75, 3.05) is 51.5 Å². The molecular weight excluding hydrogens is 458 g/mol. The Morgan fingerprint density at radius 1 is 1.08 bits per heavy atom. The summed E-state index contributed by atoms with van der Waals surface area (Å²) in [6, 6.07) is 8.00. The lowest BCUT2D eigenvalue weighted by Crippen LogP contribution is -2.41. The molecule has 0 aliphatic carbocycles. The highest BCUT2D eigenvalue weighted by molar-refractivity contribution is 5.81. The molecule has 0 fully saturated rings. The Hall–Kier alpha value is -3.66. The molecule has 1 aliphatic heterocycles. The number of aryl methyl sites for hydroxylation is 1. The quantitative estimate of drug-likeness (QED) is 0.381.